The van der Waals surface area contributed by atoms with Crippen LogP contribution in [-0.4, -0.2) is 25.0 Å². The highest BCUT2D eigenvalue weighted by Gasteiger charge is 2.24. The molecule has 0 atom stereocenters. The molecule has 1 aromatic rings. The Morgan fingerprint density at radius 3 is 2.57 bits per heavy atom. The van der Waals surface area contributed by atoms with E-state index in [0.29, 0.717) is 0 Å². The van der Waals surface area contributed by atoms with Crippen LogP contribution in [0, 0.1) is 12.8 Å². The molecule has 1 aromatic carbocycles. The van der Waals surface area contributed by atoms with Crippen LogP contribution in [0.5, 0.6) is 0 Å². The summed E-state index contributed by atoms with van der Waals surface area (Å²) < 4.78 is 0. The summed E-state index contributed by atoms with van der Waals surface area (Å²) in [6, 6.07) is 7.48. The predicted octanol–water partition coefficient (Wildman–Crippen LogP) is 1.95. The number of nitrogens with two attached hydrogens (primary N) is 1. The molecule has 1 amide bonds. The quantitative estimate of drug-likeness (QED) is 0.870. The van der Waals surface area contributed by atoms with Crippen molar-refractivity contribution >= 4 is 11.6 Å². The first-order valence-corrected chi connectivity index (χ1v) is 8.00. The summed E-state index contributed by atoms with van der Waals surface area (Å²) in [5.41, 5.74) is 9.38. The van der Waals surface area contributed by atoms with Gasteiger partial charge in [-0.25, -0.2) is 0 Å². The molecule has 2 aliphatic rings. The number of rotatable bonds is 5. The molecule has 0 bridgehead atoms. The molecule has 0 spiro atoms. The summed E-state index contributed by atoms with van der Waals surface area (Å²) in [7, 11) is 0. The van der Waals surface area contributed by atoms with Crippen LogP contribution >= 0.6 is 0 Å². The van der Waals surface area contributed by atoms with Crippen molar-refractivity contribution < 1.29 is 4.79 Å². The fraction of sp³-hybridized carbons (Fsp3) is 0.588. The molecule has 1 aliphatic heterocycles. The molecule has 2 fully saturated rings. The van der Waals surface area contributed by atoms with Crippen molar-refractivity contribution in [1.29, 1.82) is 0 Å². The van der Waals surface area contributed by atoms with Gasteiger partial charge in [0.2, 0.25) is 5.91 Å². The molecule has 0 radical (unpaired) electrons. The molecule has 4 heteroatoms. The third-order valence-corrected chi connectivity index (χ3v) is 4.67. The van der Waals surface area contributed by atoms with Gasteiger partial charge in [0.1, 0.15) is 0 Å². The number of piperidine rings is 1. The van der Waals surface area contributed by atoms with E-state index in [1.165, 1.54) is 29.7 Å². The number of hydrogen-bond donors (Lipinski definition) is 2. The van der Waals surface area contributed by atoms with Crippen molar-refractivity contribution in [2.75, 3.05) is 18.0 Å². The van der Waals surface area contributed by atoms with E-state index in [-0.39, 0.29) is 11.8 Å². The monoisotopic (exact) mass is 287 g/mol. The maximum Gasteiger partial charge on any atom is 0.220 e. The largest absolute Gasteiger partial charge is 0.371 e. The summed E-state index contributed by atoms with van der Waals surface area (Å²) in [5.74, 6) is -0.0866. The van der Waals surface area contributed by atoms with Crippen molar-refractivity contribution in [3.63, 3.8) is 0 Å². The van der Waals surface area contributed by atoms with Gasteiger partial charge in [0.05, 0.1) is 0 Å². The zero-order chi connectivity index (χ0) is 14.8. The molecule has 1 saturated heterocycles. The van der Waals surface area contributed by atoms with Gasteiger partial charge in [-0.2, -0.15) is 0 Å². The molecule has 1 aliphatic carbocycles. The van der Waals surface area contributed by atoms with Crippen molar-refractivity contribution in [3.05, 3.63) is 29.3 Å². The predicted molar refractivity (Wildman–Crippen MR) is 85.2 cm³/mol. The molecule has 3 N–H and O–H groups in total. The minimum absolute atomic E-state index is 0.0589. The fourth-order valence-corrected chi connectivity index (χ4v) is 3.14. The smallest absolute Gasteiger partial charge is 0.220 e. The topological polar surface area (TPSA) is 58.4 Å². The second-order valence-electron chi connectivity index (χ2n) is 6.44. The Balaban J connectivity index is 1.61. The first-order chi connectivity index (χ1) is 10.1. The molecule has 1 heterocycles. The summed E-state index contributed by atoms with van der Waals surface area (Å²) in [6.45, 7) is 4.99. The molecule has 3 rings (SSSR count). The Kier molecular flexibility index (Phi) is 4.15. The van der Waals surface area contributed by atoms with Crippen LogP contribution in [0.4, 0.5) is 5.69 Å². The van der Waals surface area contributed by atoms with Gasteiger partial charge in [-0.15, -0.1) is 0 Å². The van der Waals surface area contributed by atoms with Crippen LogP contribution in [0.25, 0.3) is 0 Å². The van der Waals surface area contributed by atoms with Gasteiger partial charge >= 0.3 is 0 Å². The van der Waals surface area contributed by atoms with Crippen LogP contribution < -0.4 is 16.0 Å². The minimum atomic E-state index is -0.145. The number of nitrogens with zero attached hydrogens (tertiary/aromatic N) is 1. The SMILES string of the molecule is Cc1cc(CNC2CC2)ccc1N1CCC(C(N)=O)CC1. The van der Waals surface area contributed by atoms with Gasteiger partial charge in [-0.05, 0) is 49.8 Å². The Bertz CT molecular complexity index is 517. The zero-order valence-electron chi connectivity index (χ0n) is 12.8. The number of amides is 1. The Morgan fingerprint density at radius 1 is 1.29 bits per heavy atom. The van der Waals surface area contributed by atoms with E-state index in [0.717, 1.165) is 38.5 Å². The van der Waals surface area contributed by atoms with E-state index in [2.05, 4.69) is 35.3 Å². The van der Waals surface area contributed by atoms with E-state index in [9.17, 15) is 4.79 Å². The second-order valence-corrected chi connectivity index (χ2v) is 6.44. The lowest BCUT2D eigenvalue weighted by molar-refractivity contribution is -0.122. The van der Waals surface area contributed by atoms with Crippen LogP contribution in [0.2, 0.25) is 0 Å². The van der Waals surface area contributed by atoms with Crippen LogP contribution in [0.3, 0.4) is 0 Å². The lowest BCUT2D eigenvalue weighted by Gasteiger charge is -2.33. The molecule has 0 aromatic heterocycles. The van der Waals surface area contributed by atoms with Crippen molar-refractivity contribution in [1.82, 2.24) is 5.32 Å². The standard InChI is InChI=1S/C17H25N3O/c1-12-10-13(11-19-15-3-4-15)2-5-16(12)20-8-6-14(7-9-20)17(18)21/h2,5,10,14-15,19H,3-4,6-9,11H2,1H3,(H2,18,21). The summed E-state index contributed by atoms with van der Waals surface area (Å²) >= 11 is 0. The summed E-state index contributed by atoms with van der Waals surface area (Å²) in [6.07, 6.45) is 4.40. The Labute approximate surface area is 126 Å². The molecule has 114 valence electrons. The molecular weight excluding hydrogens is 262 g/mol. The Hall–Kier alpha value is -1.55. The van der Waals surface area contributed by atoms with Gasteiger partial charge in [-0.1, -0.05) is 12.1 Å². The normalized spacial score (nSPS) is 19.8. The number of carbonyl (C=O) groups excluding carboxylic acids is 1. The third-order valence-electron chi connectivity index (χ3n) is 4.67. The van der Waals surface area contributed by atoms with Crippen molar-refractivity contribution in [2.24, 2.45) is 11.7 Å². The van der Waals surface area contributed by atoms with Crippen LogP contribution in [-0.2, 0) is 11.3 Å². The number of nitrogens with one attached hydrogen (secondary N) is 1. The first kappa shape index (κ1) is 14.4. The number of benzene rings is 1. The van der Waals surface area contributed by atoms with E-state index in [1.807, 2.05) is 0 Å². The summed E-state index contributed by atoms with van der Waals surface area (Å²) in [5, 5.41) is 3.55. The molecule has 1 saturated carbocycles. The number of anilines is 1. The molecule has 21 heavy (non-hydrogen) atoms. The van der Waals surface area contributed by atoms with E-state index >= 15 is 0 Å². The molecular formula is C17H25N3O. The van der Waals surface area contributed by atoms with E-state index in [4.69, 9.17) is 5.73 Å². The minimum Gasteiger partial charge on any atom is -0.371 e. The van der Waals surface area contributed by atoms with Crippen molar-refractivity contribution in [3.8, 4) is 0 Å². The average molecular weight is 287 g/mol. The Morgan fingerprint density at radius 2 is 2.00 bits per heavy atom. The number of carbonyl (C=O) groups is 1. The lowest BCUT2D eigenvalue weighted by atomic mass is 9.95. The van der Waals surface area contributed by atoms with Crippen molar-refractivity contribution in [2.45, 2.75) is 45.2 Å². The number of primary amides is 1. The first-order valence-electron chi connectivity index (χ1n) is 8.00. The van der Waals surface area contributed by atoms with Gasteiger partial charge in [-0.3, -0.25) is 4.79 Å². The van der Waals surface area contributed by atoms with Crippen LogP contribution in [0.15, 0.2) is 18.2 Å². The average Bonchev–Trinajstić information content (AvgIpc) is 3.29. The summed E-state index contributed by atoms with van der Waals surface area (Å²) in [4.78, 5) is 13.6. The van der Waals surface area contributed by atoms with Gasteiger partial charge in [0.15, 0.2) is 0 Å². The maximum absolute atomic E-state index is 11.2. The van der Waals surface area contributed by atoms with Gasteiger partial charge in [0.25, 0.3) is 0 Å². The van der Waals surface area contributed by atoms with Gasteiger partial charge < -0.3 is 16.0 Å². The zero-order valence-corrected chi connectivity index (χ0v) is 12.8. The highest BCUT2D eigenvalue weighted by Crippen LogP contribution is 2.27. The number of hydrogen-bond acceptors (Lipinski definition) is 3. The van der Waals surface area contributed by atoms with Crippen LogP contribution in [0.1, 0.15) is 36.8 Å². The van der Waals surface area contributed by atoms with E-state index in [1.54, 1.807) is 0 Å². The maximum atomic E-state index is 11.2. The molecule has 4 nitrogen and oxygen atoms in total. The fourth-order valence-electron chi connectivity index (χ4n) is 3.14. The highest BCUT2D eigenvalue weighted by molar-refractivity contribution is 5.77. The molecule has 0 unspecified atom stereocenters. The number of aryl methyl sites for hydroxylation is 1. The lowest BCUT2D eigenvalue weighted by Crippen LogP contribution is -2.38. The van der Waals surface area contributed by atoms with Gasteiger partial charge in [0, 0.05) is 37.3 Å². The van der Waals surface area contributed by atoms with E-state index < -0.39 is 0 Å². The second kappa shape index (κ2) is 6.06. The highest BCUT2D eigenvalue weighted by atomic mass is 16.1. The third kappa shape index (κ3) is 3.56.